The quantitative estimate of drug-likeness (QED) is 0.406. The monoisotopic (exact) mass is 488 g/mol. The molecule has 4 aromatic rings. The number of benzene rings is 3. The average Bonchev–Trinajstić information content (AvgIpc) is 3.28. The van der Waals surface area contributed by atoms with Gasteiger partial charge in [-0.15, -0.1) is 0 Å². The molecule has 1 N–H and O–H groups in total. The maximum absolute atomic E-state index is 13.4. The number of rotatable bonds is 8. The minimum atomic E-state index is -3.72. The van der Waals surface area contributed by atoms with Gasteiger partial charge >= 0.3 is 0 Å². The topological polar surface area (TPSA) is 105 Å². The number of nitriles is 1. The first-order valence-corrected chi connectivity index (χ1v) is 12.5. The minimum Gasteiger partial charge on any atom is -0.351 e. The second-order valence-corrected chi connectivity index (χ2v) is 9.97. The largest absolute Gasteiger partial charge is 0.351 e. The number of aromatic nitrogens is 2. The first-order valence-electron chi connectivity index (χ1n) is 10.7. The molecule has 0 aliphatic rings. The summed E-state index contributed by atoms with van der Waals surface area (Å²) in [5.74, 6) is -2.00. The second kappa shape index (κ2) is 10.3. The van der Waals surface area contributed by atoms with Gasteiger partial charge in [0, 0.05) is 23.9 Å². The average molecular weight is 489 g/mol. The van der Waals surface area contributed by atoms with Crippen molar-refractivity contribution in [3.05, 3.63) is 108 Å². The molecule has 35 heavy (non-hydrogen) atoms. The Balaban J connectivity index is 1.48. The van der Waals surface area contributed by atoms with Gasteiger partial charge in [0.2, 0.25) is 5.91 Å². The zero-order valence-electron chi connectivity index (χ0n) is 18.6. The van der Waals surface area contributed by atoms with Crippen molar-refractivity contribution >= 4 is 15.7 Å². The summed E-state index contributed by atoms with van der Waals surface area (Å²) in [7, 11) is -3.72. The lowest BCUT2D eigenvalue weighted by Gasteiger charge is -2.07. The van der Waals surface area contributed by atoms with Crippen LogP contribution < -0.4 is 5.32 Å². The molecule has 1 heterocycles. The molecule has 0 fully saturated rings. The lowest BCUT2D eigenvalue weighted by molar-refractivity contribution is -0.118. The molecule has 0 radical (unpaired) electrons. The Kier molecular flexibility index (Phi) is 7.03. The van der Waals surface area contributed by atoms with E-state index < -0.39 is 21.5 Å². The smallest absolute Gasteiger partial charge is 0.235 e. The molecule has 0 saturated carbocycles. The van der Waals surface area contributed by atoms with Crippen molar-refractivity contribution in [1.29, 1.82) is 5.26 Å². The van der Waals surface area contributed by atoms with E-state index in [4.69, 9.17) is 5.26 Å². The molecule has 9 heteroatoms. The van der Waals surface area contributed by atoms with Gasteiger partial charge in [0.1, 0.15) is 11.6 Å². The Labute approximate surface area is 202 Å². The Hall–Kier alpha value is -4.29. The Morgan fingerprint density at radius 2 is 1.69 bits per heavy atom. The molecule has 0 bridgehead atoms. The van der Waals surface area contributed by atoms with Gasteiger partial charge in [-0.05, 0) is 54.1 Å². The van der Waals surface area contributed by atoms with E-state index in [1.807, 2.05) is 36.4 Å². The first kappa shape index (κ1) is 23.9. The standard InChI is InChI=1S/C26H21FN4O3S/c27-23-12-10-21(11-13-23)26-22(16-31(30-26)24-4-2-1-3-5-24)15-29-25(32)18-35(33,34)17-20-8-6-19(14-28)7-9-20/h1-13,16H,15,17-18H2,(H,29,32). The molecule has 0 spiro atoms. The fourth-order valence-corrected chi connectivity index (χ4v) is 4.83. The third kappa shape index (κ3) is 6.19. The summed E-state index contributed by atoms with van der Waals surface area (Å²) < 4.78 is 40.1. The third-order valence-electron chi connectivity index (χ3n) is 5.23. The van der Waals surface area contributed by atoms with Crippen LogP contribution in [0.25, 0.3) is 16.9 Å². The highest BCUT2D eigenvalue weighted by Gasteiger charge is 2.19. The summed E-state index contributed by atoms with van der Waals surface area (Å²) in [5.41, 5.74) is 3.60. The third-order valence-corrected chi connectivity index (χ3v) is 6.70. The van der Waals surface area contributed by atoms with Gasteiger partial charge in [0.15, 0.2) is 9.84 Å². The molecular formula is C26H21FN4O3S. The van der Waals surface area contributed by atoms with Crippen LogP contribution in [0.15, 0.2) is 85.1 Å². The van der Waals surface area contributed by atoms with Gasteiger partial charge in [0.05, 0.1) is 28.8 Å². The zero-order chi connectivity index (χ0) is 24.8. The molecule has 176 valence electrons. The maximum atomic E-state index is 13.4. The Morgan fingerprint density at radius 1 is 1.00 bits per heavy atom. The molecule has 0 atom stereocenters. The number of carbonyl (C=O) groups is 1. The van der Waals surface area contributed by atoms with E-state index in [1.165, 1.54) is 24.3 Å². The van der Waals surface area contributed by atoms with E-state index in [0.717, 1.165) is 5.69 Å². The van der Waals surface area contributed by atoms with E-state index >= 15 is 0 Å². The summed E-state index contributed by atoms with van der Waals surface area (Å²) in [4.78, 5) is 12.5. The van der Waals surface area contributed by atoms with Crippen LogP contribution in [-0.2, 0) is 26.9 Å². The van der Waals surface area contributed by atoms with E-state index in [2.05, 4.69) is 10.4 Å². The highest BCUT2D eigenvalue weighted by Crippen LogP contribution is 2.24. The number of hydrogen-bond donors (Lipinski definition) is 1. The molecule has 0 aliphatic heterocycles. The van der Waals surface area contributed by atoms with E-state index in [0.29, 0.717) is 27.9 Å². The number of carbonyl (C=O) groups excluding carboxylic acids is 1. The van der Waals surface area contributed by atoms with Crippen LogP contribution in [0.5, 0.6) is 0 Å². The number of amides is 1. The lowest BCUT2D eigenvalue weighted by atomic mass is 10.1. The molecule has 4 rings (SSSR count). The van der Waals surface area contributed by atoms with Crippen molar-refractivity contribution in [2.75, 3.05) is 5.75 Å². The summed E-state index contributed by atoms with van der Waals surface area (Å²) in [6.45, 7) is 0.0464. The van der Waals surface area contributed by atoms with Crippen LogP contribution in [0.4, 0.5) is 4.39 Å². The van der Waals surface area contributed by atoms with Crippen molar-refractivity contribution in [2.45, 2.75) is 12.3 Å². The molecule has 1 amide bonds. The van der Waals surface area contributed by atoms with Crippen LogP contribution in [0.2, 0.25) is 0 Å². The van der Waals surface area contributed by atoms with Crippen LogP contribution >= 0.6 is 0 Å². The number of nitrogens with zero attached hydrogens (tertiary/aromatic N) is 3. The number of nitrogens with one attached hydrogen (secondary N) is 1. The lowest BCUT2D eigenvalue weighted by Crippen LogP contribution is -2.30. The van der Waals surface area contributed by atoms with Gasteiger partial charge in [0.25, 0.3) is 0 Å². The van der Waals surface area contributed by atoms with Gasteiger partial charge in [-0.2, -0.15) is 10.4 Å². The van der Waals surface area contributed by atoms with Crippen LogP contribution in [-0.4, -0.2) is 29.9 Å². The van der Waals surface area contributed by atoms with Crippen LogP contribution in [0.3, 0.4) is 0 Å². The van der Waals surface area contributed by atoms with Crippen LogP contribution in [0, 0.1) is 17.1 Å². The Morgan fingerprint density at radius 3 is 2.34 bits per heavy atom. The van der Waals surface area contributed by atoms with Gasteiger partial charge < -0.3 is 5.32 Å². The molecule has 3 aromatic carbocycles. The summed E-state index contributed by atoms with van der Waals surface area (Å²) >= 11 is 0. The fourth-order valence-electron chi connectivity index (χ4n) is 3.53. The number of sulfone groups is 1. The molecule has 1 aromatic heterocycles. The predicted molar refractivity (Wildman–Crippen MR) is 129 cm³/mol. The van der Waals surface area contributed by atoms with Crippen molar-refractivity contribution in [3.8, 4) is 23.0 Å². The second-order valence-electron chi connectivity index (χ2n) is 7.91. The number of para-hydroxylation sites is 1. The summed E-state index contributed by atoms with van der Waals surface area (Å²) in [6.07, 6.45) is 1.75. The Bertz CT molecular complexity index is 1470. The molecule has 0 aliphatic carbocycles. The zero-order valence-corrected chi connectivity index (χ0v) is 19.4. The summed E-state index contributed by atoms with van der Waals surface area (Å²) in [6, 6.07) is 23.4. The fraction of sp³-hybridized carbons (Fsp3) is 0.115. The van der Waals surface area contributed by atoms with Gasteiger partial charge in [-0.3, -0.25) is 4.79 Å². The van der Waals surface area contributed by atoms with Crippen molar-refractivity contribution in [3.63, 3.8) is 0 Å². The highest BCUT2D eigenvalue weighted by atomic mass is 32.2. The predicted octanol–water partition coefficient (Wildman–Crippen LogP) is 3.78. The van der Waals surface area contributed by atoms with E-state index in [9.17, 15) is 17.6 Å². The van der Waals surface area contributed by atoms with Crippen molar-refractivity contribution < 1.29 is 17.6 Å². The maximum Gasteiger partial charge on any atom is 0.235 e. The molecule has 0 saturated heterocycles. The van der Waals surface area contributed by atoms with Crippen LogP contribution in [0.1, 0.15) is 16.7 Å². The first-order chi connectivity index (χ1) is 16.8. The molecule has 0 unspecified atom stereocenters. The number of hydrogen-bond acceptors (Lipinski definition) is 5. The van der Waals surface area contributed by atoms with E-state index in [1.54, 1.807) is 35.1 Å². The van der Waals surface area contributed by atoms with Crippen molar-refractivity contribution in [2.24, 2.45) is 0 Å². The molecular weight excluding hydrogens is 467 g/mol. The molecule has 7 nitrogen and oxygen atoms in total. The van der Waals surface area contributed by atoms with Gasteiger partial charge in [-0.1, -0.05) is 30.3 Å². The SMILES string of the molecule is N#Cc1ccc(CS(=O)(=O)CC(=O)NCc2cn(-c3ccccc3)nc2-c2ccc(F)cc2)cc1. The minimum absolute atomic E-state index is 0.0464. The normalized spacial score (nSPS) is 11.1. The van der Waals surface area contributed by atoms with Gasteiger partial charge in [-0.25, -0.2) is 17.5 Å². The van der Waals surface area contributed by atoms with Crippen molar-refractivity contribution in [1.82, 2.24) is 15.1 Å². The summed E-state index contributed by atoms with van der Waals surface area (Å²) in [5, 5.41) is 16.1. The highest BCUT2D eigenvalue weighted by molar-refractivity contribution is 7.91. The van der Waals surface area contributed by atoms with E-state index in [-0.39, 0.29) is 18.1 Å². The number of halogens is 1.